The Morgan fingerprint density at radius 1 is 1.24 bits per heavy atom. The molecule has 1 aliphatic rings. The molecule has 1 amide bonds. The number of aldehydes is 1. The summed E-state index contributed by atoms with van der Waals surface area (Å²) < 4.78 is 1.53. The average Bonchev–Trinajstić information content (AvgIpc) is 3.20. The number of hydrogen-bond donors (Lipinski definition) is 2. The first-order valence-corrected chi connectivity index (χ1v) is 9.89. The van der Waals surface area contributed by atoms with E-state index < -0.39 is 0 Å². The summed E-state index contributed by atoms with van der Waals surface area (Å²) in [5.41, 5.74) is 10.1. The molecule has 0 fully saturated rings. The van der Waals surface area contributed by atoms with Crippen molar-refractivity contribution in [3.63, 3.8) is 0 Å². The molecule has 29 heavy (non-hydrogen) atoms. The van der Waals surface area contributed by atoms with Gasteiger partial charge in [-0.3, -0.25) is 9.59 Å². The summed E-state index contributed by atoms with van der Waals surface area (Å²) in [4.78, 5) is 24.4. The van der Waals surface area contributed by atoms with Crippen LogP contribution < -0.4 is 11.1 Å². The molecule has 0 unspecified atom stereocenters. The van der Waals surface area contributed by atoms with Gasteiger partial charge in [-0.2, -0.15) is 5.10 Å². The van der Waals surface area contributed by atoms with Crippen molar-refractivity contribution in [2.45, 2.75) is 25.3 Å². The van der Waals surface area contributed by atoms with E-state index in [1.807, 2.05) is 6.07 Å². The van der Waals surface area contributed by atoms with Crippen LogP contribution in [-0.2, 0) is 12.8 Å². The Balaban J connectivity index is 1.58. The second kappa shape index (κ2) is 7.99. The van der Waals surface area contributed by atoms with Gasteiger partial charge in [-0.25, -0.2) is 4.68 Å². The topological polar surface area (TPSA) is 90.0 Å². The number of benzene rings is 2. The molecule has 1 heterocycles. The predicted molar refractivity (Wildman–Crippen MR) is 113 cm³/mol. The smallest absolute Gasteiger partial charge is 0.258 e. The van der Waals surface area contributed by atoms with Crippen molar-refractivity contribution in [3.8, 4) is 5.69 Å². The van der Waals surface area contributed by atoms with Crippen molar-refractivity contribution in [2.75, 3.05) is 5.32 Å². The molecule has 6 nitrogen and oxygen atoms in total. The Bertz CT molecular complexity index is 1110. The maximum Gasteiger partial charge on any atom is 0.258 e. The highest BCUT2D eigenvalue weighted by atomic mass is 35.5. The molecule has 3 aromatic rings. The molecule has 148 valence electrons. The van der Waals surface area contributed by atoms with E-state index in [0.717, 1.165) is 36.7 Å². The minimum absolute atomic E-state index is 0.106. The number of carbonyl (C=O) groups is 2. The molecule has 3 N–H and O–H groups in total. The standard InChI is InChI=1S/C21H18Cl2N4O2/c22-18-5-3-15(8-19(18)23)27-10-13(9-25-27)21(29)26-20-6-1-12-7-14(24)2-4-16(12)17(20)11-28/h1,3,5-6,8-11,14H,2,4,7,24H2,(H,26,29)/t14-/m0/s1. The fourth-order valence-corrected chi connectivity index (χ4v) is 3.85. The number of carbonyl (C=O) groups excluding carboxylic acids is 2. The van der Waals surface area contributed by atoms with Gasteiger partial charge in [0, 0.05) is 17.8 Å². The molecule has 0 spiro atoms. The number of amides is 1. The van der Waals surface area contributed by atoms with Crippen LogP contribution in [0.5, 0.6) is 0 Å². The number of aromatic nitrogens is 2. The zero-order valence-electron chi connectivity index (χ0n) is 15.4. The van der Waals surface area contributed by atoms with E-state index in [4.69, 9.17) is 28.9 Å². The predicted octanol–water partition coefficient (Wildman–Crippen LogP) is 4.06. The zero-order chi connectivity index (χ0) is 20.5. The highest BCUT2D eigenvalue weighted by molar-refractivity contribution is 6.42. The lowest BCUT2D eigenvalue weighted by molar-refractivity contribution is 0.102. The minimum atomic E-state index is -0.355. The molecule has 0 saturated heterocycles. The molecule has 1 aliphatic carbocycles. The highest BCUT2D eigenvalue weighted by Crippen LogP contribution is 2.29. The lowest BCUT2D eigenvalue weighted by Gasteiger charge is -2.24. The number of hydrogen-bond acceptors (Lipinski definition) is 4. The third kappa shape index (κ3) is 3.92. The quantitative estimate of drug-likeness (QED) is 0.612. The third-order valence-electron chi connectivity index (χ3n) is 5.08. The highest BCUT2D eigenvalue weighted by Gasteiger charge is 2.21. The molecule has 0 bridgehead atoms. The number of nitrogens with one attached hydrogen (secondary N) is 1. The van der Waals surface area contributed by atoms with Gasteiger partial charge in [0.25, 0.3) is 5.91 Å². The van der Waals surface area contributed by atoms with Crippen molar-refractivity contribution in [1.29, 1.82) is 0 Å². The number of fused-ring (bicyclic) bond motifs is 1. The number of nitrogens with two attached hydrogens (primary N) is 1. The summed E-state index contributed by atoms with van der Waals surface area (Å²) in [7, 11) is 0. The average molecular weight is 429 g/mol. The molecule has 0 saturated carbocycles. The van der Waals surface area contributed by atoms with Gasteiger partial charge in [-0.15, -0.1) is 0 Å². The Kier molecular flexibility index (Phi) is 5.41. The van der Waals surface area contributed by atoms with E-state index in [0.29, 0.717) is 32.5 Å². The van der Waals surface area contributed by atoms with Gasteiger partial charge in [0.05, 0.1) is 33.2 Å². The monoisotopic (exact) mass is 428 g/mol. The second-order valence-corrected chi connectivity index (χ2v) is 7.83. The first kappa shape index (κ1) is 19.6. The van der Waals surface area contributed by atoms with Crippen LogP contribution in [0.15, 0.2) is 42.7 Å². The largest absolute Gasteiger partial charge is 0.327 e. The van der Waals surface area contributed by atoms with Gasteiger partial charge in [0.2, 0.25) is 0 Å². The van der Waals surface area contributed by atoms with Gasteiger partial charge < -0.3 is 11.1 Å². The van der Waals surface area contributed by atoms with Crippen LogP contribution in [0, 0.1) is 0 Å². The lowest BCUT2D eigenvalue weighted by atomic mass is 9.85. The van der Waals surface area contributed by atoms with Gasteiger partial charge >= 0.3 is 0 Å². The van der Waals surface area contributed by atoms with Crippen LogP contribution in [-0.4, -0.2) is 28.0 Å². The number of halogens is 2. The third-order valence-corrected chi connectivity index (χ3v) is 5.82. The van der Waals surface area contributed by atoms with Crippen molar-refractivity contribution in [3.05, 3.63) is 75.0 Å². The minimum Gasteiger partial charge on any atom is -0.327 e. The second-order valence-electron chi connectivity index (χ2n) is 7.01. The van der Waals surface area contributed by atoms with Gasteiger partial charge in [0.15, 0.2) is 6.29 Å². The summed E-state index contributed by atoms with van der Waals surface area (Å²) in [6, 6.07) is 8.86. The molecule has 4 rings (SSSR count). The SMILES string of the molecule is N[C@H]1CCc2c(ccc(NC(=O)c3cnn(-c4ccc(Cl)c(Cl)c4)c3)c2C=O)C1. The first-order valence-electron chi connectivity index (χ1n) is 9.13. The van der Waals surface area contributed by atoms with E-state index in [2.05, 4.69) is 10.4 Å². The normalized spacial score (nSPS) is 15.6. The molecule has 0 radical (unpaired) electrons. The molecule has 1 aromatic heterocycles. The van der Waals surface area contributed by atoms with Crippen molar-refractivity contribution in [2.24, 2.45) is 5.73 Å². The number of rotatable bonds is 4. The maximum absolute atomic E-state index is 12.7. The van der Waals surface area contributed by atoms with Crippen LogP contribution in [0.1, 0.15) is 38.3 Å². The fourth-order valence-electron chi connectivity index (χ4n) is 3.56. The van der Waals surface area contributed by atoms with E-state index in [9.17, 15) is 9.59 Å². The van der Waals surface area contributed by atoms with E-state index in [1.54, 1.807) is 30.5 Å². The Morgan fingerprint density at radius 2 is 2.07 bits per heavy atom. The molecule has 0 aliphatic heterocycles. The van der Waals surface area contributed by atoms with Gasteiger partial charge in [0.1, 0.15) is 0 Å². The summed E-state index contributed by atoms with van der Waals surface area (Å²) in [6.45, 7) is 0. The summed E-state index contributed by atoms with van der Waals surface area (Å²) >= 11 is 12.0. The lowest BCUT2D eigenvalue weighted by Crippen LogP contribution is -2.28. The fraction of sp³-hybridized carbons (Fsp3) is 0.190. The first-order chi connectivity index (χ1) is 14.0. The van der Waals surface area contributed by atoms with E-state index >= 15 is 0 Å². The molecular formula is C21H18Cl2N4O2. The number of anilines is 1. The molecule has 8 heteroatoms. The Hall–Kier alpha value is -2.67. The molecular weight excluding hydrogens is 411 g/mol. The van der Waals surface area contributed by atoms with Crippen molar-refractivity contribution in [1.82, 2.24) is 9.78 Å². The van der Waals surface area contributed by atoms with Crippen LogP contribution in [0.25, 0.3) is 5.69 Å². The number of nitrogens with zero attached hydrogens (tertiary/aromatic N) is 2. The Labute approximate surface area is 177 Å². The van der Waals surface area contributed by atoms with Crippen LogP contribution in [0.2, 0.25) is 10.0 Å². The van der Waals surface area contributed by atoms with E-state index in [1.165, 1.54) is 10.9 Å². The molecule has 1 atom stereocenters. The van der Waals surface area contributed by atoms with E-state index in [-0.39, 0.29) is 11.9 Å². The van der Waals surface area contributed by atoms with Crippen molar-refractivity contribution < 1.29 is 9.59 Å². The Morgan fingerprint density at radius 3 is 2.83 bits per heavy atom. The summed E-state index contributed by atoms with van der Waals surface area (Å²) in [5, 5.41) is 7.87. The summed E-state index contributed by atoms with van der Waals surface area (Å²) in [6.07, 6.45) is 6.12. The zero-order valence-corrected chi connectivity index (χ0v) is 16.9. The van der Waals surface area contributed by atoms with Crippen LogP contribution in [0.3, 0.4) is 0 Å². The molecule has 2 aromatic carbocycles. The maximum atomic E-state index is 12.7. The van der Waals surface area contributed by atoms with Gasteiger partial charge in [-0.05, 0) is 54.7 Å². The summed E-state index contributed by atoms with van der Waals surface area (Å²) in [5.74, 6) is -0.355. The van der Waals surface area contributed by atoms with Crippen molar-refractivity contribution >= 4 is 41.1 Å². The van der Waals surface area contributed by atoms with Gasteiger partial charge in [-0.1, -0.05) is 29.3 Å². The van der Waals surface area contributed by atoms with Crippen LogP contribution in [0.4, 0.5) is 5.69 Å². The van der Waals surface area contributed by atoms with Crippen LogP contribution >= 0.6 is 23.2 Å².